The third-order valence-corrected chi connectivity index (χ3v) is 5.34. The van der Waals surface area contributed by atoms with Crippen molar-refractivity contribution in [1.29, 1.82) is 0 Å². The lowest BCUT2D eigenvalue weighted by Gasteiger charge is -2.08. The van der Waals surface area contributed by atoms with Crippen LogP contribution in [0, 0.1) is 12.3 Å². The molecule has 0 saturated heterocycles. The van der Waals surface area contributed by atoms with Gasteiger partial charge in [0.15, 0.2) is 16.3 Å². The third-order valence-electron chi connectivity index (χ3n) is 3.95. The van der Waals surface area contributed by atoms with Gasteiger partial charge in [0.05, 0.1) is 31.0 Å². The molecule has 0 aliphatic rings. The van der Waals surface area contributed by atoms with Gasteiger partial charge >= 0.3 is 0 Å². The highest BCUT2D eigenvalue weighted by atomic mass is 35.5. The fourth-order valence-electron chi connectivity index (χ4n) is 2.63. The van der Waals surface area contributed by atoms with Crippen LogP contribution < -0.4 is 14.3 Å². The van der Waals surface area contributed by atoms with Crippen LogP contribution in [0.3, 0.4) is 0 Å². The quantitative estimate of drug-likeness (QED) is 0.467. The van der Waals surface area contributed by atoms with Crippen molar-refractivity contribution in [1.82, 2.24) is 4.57 Å². The zero-order valence-electron chi connectivity index (χ0n) is 15.3. The monoisotopic (exact) mass is 412 g/mol. The largest absolute Gasteiger partial charge is 0.493 e. The summed E-state index contributed by atoms with van der Waals surface area (Å²) in [4.78, 5) is 17.1. The number of benzene rings is 2. The van der Waals surface area contributed by atoms with E-state index in [9.17, 15) is 4.79 Å². The molecule has 142 valence electrons. The Morgan fingerprint density at radius 1 is 1.29 bits per heavy atom. The molecule has 0 atom stereocenters. The van der Waals surface area contributed by atoms with E-state index < -0.39 is 5.91 Å². The first-order valence-electron chi connectivity index (χ1n) is 8.27. The van der Waals surface area contributed by atoms with Crippen molar-refractivity contribution in [3.05, 3.63) is 57.9 Å². The Bertz CT molecular complexity index is 1170. The van der Waals surface area contributed by atoms with E-state index in [2.05, 4.69) is 10.9 Å². The Balaban J connectivity index is 2.06. The second-order valence-corrected chi connectivity index (χ2v) is 7.07. The summed E-state index contributed by atoms with van der Waals surface area (Å²) in [5.74, 6) is 3.37. The first-order valence-corrected chi connectivity index (χ1v) is 9.47. The highest BCUT2D eigenvalue weighted by molar-refractivity contribution is 7.16. The van der Waals surface area contributed by atoms with Crippen molar-refractivity contribution in [3.63, 3.8) is 0 Å². The second kappa shape index (κ2) is 8.79. The summed E-state index contributed by atoms with van der Waals surface area (Å²) in [7, 11) is 3.14. The molecule has 0 spiro atoms. The zero-order valence-corrected chi connectivity index (χ0v) is 16.9. The van der Waals surface area contributed by atoms with E-state index in [1.54, 1.807) is 30.9 Å². The molecule has 1 aromatic heterocycles. The number of terminal acetylenes is 1. The van der Waals surface area contributed by atoms with Gasteiger partial charge in [-0.05, 0) is 17.7 Å². The van der Waals surface area contributed by atoms with Crippen LogP contribution in [0.2, 0.25) is 5.02 Å². The SMILES string of the molecule is C#CCn1c(=NC(=O)/C=C/c2ccccc2Cl)sc2cc(OC)c(OC)cc21. The van der Waals surface area contributed by atoms with Crippen LogP contribution in [0.15, 0.2) is 47.5 Å². The van der Waals surface area contributed by atoms with E-state index in [1.807, 2.05) is 30.3 Å². The maximum Gasteiger partial charge on any atom is 0.272 e. The molecule has 0 aliphatic carbocycles. The van der Waals surface area contributed by atoms with Gasteiger partial charge in [-0.3, -0.25) is 4.79 Å². The Hall–Kier alpha value is -3.01. The minimum atomic E-state index is -0.406. The number of aromatic nitrogens is 1. The summed E-state index contributed by atoms with van der Waals surface area (Å²) in [6, 6.07) is 10.9. The van der Waals surface area contributed by atoms with E-state index in [1.165, 1.54) is 17.4 Å². The number of carbonyl (C=O) groups excluding carboxylic acids is 1. The Labute approximate surface area is 171 Å². The highest BCUT2D eigenvalue weighted by Crippen LogP contribution is 2.33. The van der Waals surface area contributed by atoms with Gasteiger partial charge in [-0.15, -0.1) is 6.42 Å². The Kier molecular flexibility index (Phi) is 6.19. The second-order valence-electron chi connectivity index (χ2n) is 5.65. The van der Waals surface area contributed by atoms with Crippen LogP contribution in [0.4, 0.5) is 0 Å². The molecule has 0 fully saturated rings. The van der Waals surface area contributed by atoms with Gasteiger partial charge in [0.25, 0.3) is 5.91 Å². The Morgan fingerprint density at radius 3 is 2.68 bits per heavy atom. The minimum absolute atomic E-state index is 0.274. The van der Waals surface area contributed by atoms with Crippen molar-refractivity contribution in [2.24, 2.45) is 4.99 Å². The van der Waals surface area contributed by atoms with Crippen molar-refractivity contribution in [3.8, 4) is 23.8 Å². The number of amides is 1. The molecule has 5 nitrogen and oxygen atoms in total. The molecule has 0 bridgehead atoms. The zero-order chi connectivity index (χ0) is 20.1. The average molecular weight is 413 g/mol. The van der Waals surface area contributed by atoms with Crippen LogP contribution in [-0.2, 0) is 11.3 Å². The minimum Gasteiger partial charge on any atom is -0.493 e. The van der Waals surface area contributed by atoms with E-state index in [4.69, 9.17) is 27.5 Å². The number of thiazole rings is 1. The van der Waals surface area contributed by atoms with Crippen molar-refractivity contribution in [2.75, 3.05) is 14.2 Å². The van der Waals surface area contributed by atoms with Gasteiger partial charge in [-0.2, -0.15) is 4.99 Å². The van der Waals surface area contributed by atoms with Gasteiger partial charge in [-0.25, -0.2) is 0 Å². The number of fused-ring (bicyclic) bond motifs is 1. The van der Waals surface area contributed by atoms with Crippen LogP contribution in [0.1, 0.15) is 5.56 Å². The lowest BCUT2D eigenvalue weighted by Crippen LogP contribution is -2.15. The Morgan fingerprint density at radius 2 is 2.00 bits per heavy atom. The van der Waals surface area contributed by atoms with Gasteiger partial charge in [-0.1, -0.05) is 47.1 Å². The maximum atomic E-state index is 12.4. The van der Waals surface area contributed by atoms with Crippen molar-refractivity contribution in [2.45, 2.75) is 6.54 Å². The van der Waals surface area contributed by atoms with E-state index in [0.29, 0.717) is 21.3 Å². The van der Waals surface area contributed by atoms with Crippen LogP contribution in [0.25, 0.3) is 16.3 Å². The van der Waals surface area contributed by atoms with Crippen LogP contribution in [-0.4, -0.2) is 24.7 Å². The summed E-state index contributed by atoms with van der Waals surface area (Å²) in [5, 5.41) is 0.565. The summed E-state index contributed by atoms with van der Waals surface area (Å²) in [6.45, 7) is 0.274. The molecule has 0 aliphatic heterocycles. The molecular weight excluding hydrogens is 396 g/mol. The van der Waals surface area contributed by atoms with Gasteiger partial charge in [0.1, 0.15) is 0 Å². The first kappa shape index (κ1) is 19.7. The van der Waals surface area contributed by atoms with Gasteiger partial charge < -0.3 is 14.0 Å². The van der Waals surface area contributed by atoms with Crippen molar-refractivity contribution >= 4 is 45.1 Å². The molecule has 2 aromatic carbocycles. The highest BCUT2D eigenvalue weighted by Gasteiger charge is 2.12. The predicted octanol–water partition coefficient (Wildman–Crippen LogP) is 4.15. The lowest BCUT2D eigenvalue weighted by atomic mass is 10.2. The van der Waals surface area contributed by atoms with E-state index in [-0.39, 0.29) is 6.54 Å². The van der Waals surface area contributed by atoms with E-state index in [0.717, 1.165) is 15.8 Å². The topological polar surface area (TPSA) is 52.8 Å². The molecule has 0 N–H and O–H groups in total. The summed E-state index contributed by atoms with van der Waals surface area (Å²) in [6.07, 6.45) is 8.53. The molecule has 3 aromatic rings. The van der Waals surface area contributed by atoms with Gasteiger partial charge in [0, 0.05) is 23.2 Å². The van der Waals surface area contributed by atoms with Crippen LogP contribution in [0.5, 0.6) is 11.5 Å². The molecule has 0 saturated carbocycles. The predicted molar refractivity (Wildman–Crippen MR) is 113 cm³/mol. The van der Waals surface area contributed by atoms with Crippen molar-refractivity contribution < 1.29 is 14.3 Å². The number of rotatable bonds is 5. The fourth-order valence-corrected chi connectivity index (χ4v) is 3.87. The molecular formula is C21H17ClN2O3S. The smallest absolute Gasteiger partial charge is 0.272 e. The number of methoxy groups -OCH3 is 2. The number of halogens is 1. The van der Waals surface area contributed by atoms with Gasteiger partial charge in [0.2, 0.25) is 0 Å². The number of nitrogens with zero attached hydrogens (tertiary/aromatic N) is 2. The number of ether oxygens (including phenoxy) is 2. The number of hydrogen-bond donors (Lipinski definition) is 0. The lowest BCUT2D eigenvalue weighted by molar-refractivity contribution is -0.113. The summed E-state index contributed by atoms with van der Waals surface area (Å²) < 4.78 is 13.4. The number of hydrogen-bond acceptors (Lipinski definition) is 4. The van der Waals surface area contributed by atoms with E-state index >= 15 is 0 Å². The molecule has 28 heavy (non-hydrogen) atoms. The molecule has 0 unspecified atom stereocenters. The molecule has 3 rings (SSSR count). The molecule has 1 heterocycles. The first-order chi connectivity index (χ1) is 13.6. The average Bonchev–Trinajstić information content (AvgIpc) is 3.02. The molecule has 0 radical (unpaired) electrons. The standard InChI is InChI=1S/C21H17ClN2O3S/c1-4-11-24-16-12-17(26-2)18(27-3)13-19(16)28-21(24)23-20(25)10-9-14-7-5-6-8-15(14)22/h1,5-10,12-13H,11H2,2-3H3/b10-9+,23-21?. The van der Waals surface area contributed by atoms with Crippen LogP contribution >= 0.6 is 22.9 Å². The molecule has 7 heteroatoms. The maximum absolute atomic E-state index is 12.4. The summed E-state index contributed by atoms with van der Waals surface area (Å²) in [5.41, 5.74) is 1.57. The number of carbonyl (C=O) groups is 1. The summed E-state index contributed by atoms with van der Waals surface area (Å²) >= 11 is 7.45. The molecule has 1 amide bonds. The normalized spacial score (nSPS) is 11.7. The fraction of sp³-hybridized carbons (Fsp3) is 0.143. The third kappa shape index (κ3) is 4.11.